The van der Waals surface area contributed by atoms with Crippen molar-refractivity contribution in [3.8, 4) is 0 Å². The lowest BCUT2D eigenvalue weighted by Gasteiger charge is -2.26. The molecule has 0 bridgehead atoms. The fourth-order valence-electron chi connectivity index (χ4n) is 3.67. The van der Waals surface area contributed by atoms with Crippen LogP contribution in [0.1, 0.15) is 22.5 Å². The Morgan fingerprint density at radius 1 is 1.19 bits per heavy atom. The fraction of sp³-hybridized carbons (Fsp3) is 0.455. The summed E-state index contributed by atoms with van der Waals surface area (Å²) < 4.78 is 8.18. The van der Waals surface area contributed by atoms with Crippen LogP contribution in [0.3, 0.4) is 0 Å². The van der Waals surface area contributed by atoms with E-state index < -0.39 is 0 Å². The van der Waals surface area contributed by atoms with E-state index in [0.29, 0.717) is 17.5 Å². The van der Waals surface area contributed by atoms with Crippen LogP contribution in [0.4, 0.5) is 0 Å². The molecule has 1 aromatic carbocycles. The molecule has 0 aliphatic carbocycles. The van der Waals surface area contributed by atoms with E-state index in [9.17, 15) is 4.79 Å². The van der Waals surface area contributed by atoms with Crippen LogP contribution < -0.4 is 5.32 Å². The SMILES string of the molecule is Cc1nc2nc(SCC(=O)NCCN3CCOCC3)nn2c(C)c1Cc1ccc(Br)cc1. The first-order valence-electron chi connectivity index (χ1n) is 10.7. The number of thioether (sulfide) groups is 1. The van der Waals surface area contributed by atoms with Crippen LogP contribution in [-0.2, 0) is 16.0 Å². The molecule has 0 atom stereocenters. The van der Waals surface area contributed by atoms with E-state index in [-0.39, 0.29) is 11.7 Å². The monoisotopic (exact) mass is 518 g/mol. The van der Waals surface area contributed by atoms with E-state index in [0.717, 1.165) is 60.7 Å². The van der Waals surface area contributed by atoms with Gasteiger partial charge in [0.2, 0.25) is 11.1 Å². The number of halogens is 1. The Morgan fingerprint density at radius 3 is 2.69 bits per heavy atom. The van der Waals surface area contributed by atoms with Crippen LogP contribution in [0.15, 0.2) is 33.9 Å². The van der Waals surface area contributed by atoms with Crippen LogP contribution in [0, 0.1) is 13.8 Å². The molecule has 3 heterocycles. The summed E-state index contributed by atoms with van der Waals surface area (Å²) in [6.45, 7) is 8.90. The molecule has 1 N–H and O–H groups in total. The zero-order valence-electron chi connectivity index (χ0n) is 18.3. The molecule has 32 heavy (non-hydrogen) atoms. The van der Waals surface area contributed by atoms with Gasteiger partial charge in [-0.3, -0.25) is 9.69 Å². The molecule has 3 aromatic rings. The van der Waals surface area contributed by atoms with Gasteiger partial charge in [0, 0.05) is 48.5 Å². The van der Waals surface area contributed by atoms with Crippen molar-refractivity contribution in [2.75, 3.05) is 45.1 Å². The molecule has 10 heteroatoms. The third-order valence-corrected chi connectivity index (χ3v) is 6.88. The van der Waals surface area contributed by atoms with Crippen LogP contribution in [-0.4, -0.2) is 75.5 Å². The van der Waals surface area contributed by atoms with Gasteiger partial charge in [0.15, 0.2) is 0 Å². The molecule has 170 valence electrons. The number of benzene rings is 1. The number of nitrogens with zero attached hydrogens (tertiary/aromatic N) is 5. The maximum absolute atomic E-state index is 12.2. The van der Waals surface area contributed by atoms with Gasteiger partial charge in [0.1, 0.15) is 0 Å². The minimum atomic E-state index is -0.0149. The Morgan fingerprint density at radius 2 is 1.94 bits per heavy atom. The average Bonchev–Trinajstić information content (AvgIpc) is 3.20. The number of carbonyl (C=O) groups excluding carboxylic acids is 1. The van der Waals surface area contributed by atoms with Crippen LogP contribution >= 0.6 is 27.7 Å². The van der Waals surface area contributed by atoms with Gasteiger partial charge < -0.3 is 10.1 Å². The average molecular weight is 519 g/mol. The second kappa shape index (κ2) is 10.7. The van der Waals surface area contributed by atoms with Crippen molar-refractivity contribution in [2.45, 2.75) is 25.4 Å². The highest BCUT2D eigenvalue weighted by Crippen LogP contribution is 2.21. The van der Waals surface area contributed by atoms with E-state index in [1.54, 1.807) is 4.52 Å². The first-order chi connectivity index (χ1) is 15.5. The molecular formula is C22H27BrN6O2S. The van der Waals surface area contributed by atoms with Crippen molar-refractivity contribution in [3.05, 3.63) is 51.3 Å². The van der Waals surface area contributed by atoms with Gasteiger partial charge in [0.05, 0.1) is 19.0 Å². The van der Waals surface area contributed by atoms with Crippen LogP contribution in [0.25, 0.3) is 5.78 Å². The smallest absolute Gasteiger partial charge is 0.253 e. The number of rotatable bonds is 8. The molecule has 1 saturated heterocycles. The molecule has 0 radical (unpaired) electrons. The maximum Gasteiger partial charge on any atom is 0.253 e. The van der Waals surface area contributed by atoms with Crippen LogP contribution in [0.5, 0.6) is 0 Å². The van der Waals surface area contributed by atoms with Gasteiger partial charge in [-0.25, -0.2) is 9.50 Å². The van der Waals surface area contributed by atoms with Crippen molar-refractivity contribution >= 4 is 39.4 Å². The molecular weight excluding hydrogens is 492 g/mol. The number of carbonyl (C=O) groups is 1. The summed E-state index contributed by atoms with van der Waals surface area (Å²) in [5.41, 5.74) is 4.32. The number of hydrogen-bond donors (Lipinski definition) is 1. The van der Waals surface area contributed by atoms with E-state index in [1.165, 1.54) is 17.3 Å². The zero-order chi connectivity index (χ0) is 22.5. The number of hydrogen-bond acceptors (Lipinski definition) is 7. The standard InChI is InChI=1S/C22H27BrN6O2S/c1-15-19(13-17-3-5-18(23)6-4-17)16(2)29-21(25-15)26-22(27-29)32-14-20(30)24-7-8-28-9-11-31-12-10-28/h3-6H,7-14H2,1-2H3,(H,24,30). The molecule has 1 fully saturated rings. The summed E-state index contributed by atoms with van der Waals surface area (Å²) in [4.78, 5) is 23.7. The highest BCUT2D eigenvalue weighted by molar-refractivity contribution is 9.10. The Balaban J connectivity index is 1.36. The summed E-state index contributed by atoms with van der Waals surface area (Å²) in [7, 11) is 0. The van der Waals surface area contributed by atoms with Gasteiger partial charge in [-0.1, -0.05) is 39.8 Å². The number of aryl methyl sites for hydroxylation is 2. The molecule has 0 spiro atoms. The molecule has 1 aliphatic rings. The minimum absolute atomic E-state index is 0.0149. The molecule has 1 aliphatic heterocycles. The number of amides is 1. The second-order valence-electron chi connectivity index (χ2n) is 7.76. The molecule has 1 amide bonds. The molecule has 4 rings (SSSR count). The number of aromatic nitrogens is 4. The van der Waals surface area contributed by atoms with Crippen molar-refractivity contribution in [1.29, 1.82) is 0 Å². The first-order valence-corrected chi connectivity index (χ1v) is 12.4. The van der Waals surface area contributed by atoms with Crippen molar-refractivity contribution in [3.63, 3.8) is 0 Å². The highest BCUT2D eigenvalue weighted by Gasteiger charge is 2.15. The number of nitrogens with one attached hydrogen (secondary N) is 1. The van der Waals surface area contributed by atoms with E-state index in [4.69, 9.17) is 4.74 Å². The van der Waals surface area contributed by atoms with Gasteiger partial charge in [-0.15, -0.1) is 5.10 Å². The molecule has 0 saturated carbocycles. The Hall–Kier alpha value is -2.01. The third kappa shape index (κ3) is 5.86. The predicted octanol–water partition coefficient (Wildman–Crippen LogP) is 2.63. The Labute approximate surface area is 200 Å². The van der Waals surface area contributed by atoms with Crippen molar-refractivity contribution < 1.29 is 9.53 Å². The van der Waals surface area contributed by atoms with Crippen molar-refractivity contribution in [1.82, 2.24) is 29.8 Å². The predicted molar refractivity (Wildman–Crippen MR) is 128 cm³/mol. The first kappa shape index (κ1) is 23.2. The lowest BCUT2D eigenvalue weighted by Crippen LogP contribution is -2.41. The fourth-order valence-corrected chi connectivity index (χ4v) is 4.58. The Bertz CT molecular complexity index is 1080. The minimum Gasteiger partial charge on any atom is -0.379 e. The Kier molecular flexibility index (Phi) is 7.77. The quantitative estimate of drug-likeness (QED) is 0.458. The van der Waals surface area contributed by atoms with E-state index >= 15 is 0 Å². The zero-order valence-corrected chi connectivity index (χ0v) is 20.7. The summed E-state index contributed by atoms with van der Waals surface area (Å²) in [6.07, 6.45) is 0.780. The lowest BCUT2D eigenvalue weighted by molar-refractivity contribution is -0.118. The highest BCUT2D eigenvalue weighted by atomic mass is 79.9. The van der Waals surface area contributed by atoms with Gasteiger partial charge in [0.25, 0.3) is 5.78 Å². The molecule has 2 aromatic heterocycles. The summed E-state index contributed by atoms with van der Waals surface area (Å²) in [5.74, 6) is 0.831. The second-order valence-corrected chi connectivity index (χ2v) is 9.62. The van der Waals surface area contributed by atoms with Gasteiger partial charge in [-0.05, 0) is 37.1 Å². The number of fused-ring (bicyclic) bond motifs is 1. The third-order valence-electron chi connectivity index (χ3n) is 5.51. The maximum atomic E-state index is 12.2. The summed E-state index contributed by atoms with van der Waals surface area (Å²) in [5, 5.41) is 8.12. The van der Waals surface area contributed by atoms with Gasteiger partial charge in [-0.2, -0.15) is 4.98 Å². The summed E-state index contributed by atoms with van der Waals surface area (Å²) in [6, 6.07) is 8.30. The normalized spacial score (nSPS) is 14.7. The summed E-state index contributed by atoms with van der Waals surface area (Å²) >= 11 is 4.81. The largest absolute Gasteiger partial charge is 0.379 e. The van der Waals surface area contributed by atoms with Crippen molar-refractivity contribution in [2.24, 2.45) is 0 Å². The molecule has 8 nitrogen and oxygen atoms in total. The lowest BCUT2D eigenvalue weighted by atomic mass is 10.0. The van der Waals surface area contributed by atoms with E-state index in [2.05, 4.69) is 53.3 Å². The topological polar surface area (TPSA) is 84.7 Å². The number of ether oxygens (including phenoxy) is 1. The van der Waals surface area contributed by atoms with E-state index in [1.807, 2.05) is 26.0 Å². The van der Waals surface area contributed by atoms with Crippen LogP contribution in [0.2, 0.25) is 0 Å². The molecule has 0 unspecified atom stereocenters. The number of morpholine rings is 1. The van der Waals surface area contributed by atoms with Gasteiger partial charge >= 0.3 is 0 Å².